The Morgan fingerprint density at radius 3 is 2.16 bits per heavy atom. The fraction of sp³-hybridized carbons (Fsp3) is 0.429. The van der Waals surface area contributed by atoms with Gasteiger partial charge in [-0.3, -0.25) is 9.59 Å². The zero-order valence-corrected chi connectivity index (χ0v) is 14.3. The summed E-state index contributed by atoms with van der Waals surface area (Å²) < 4.78 is 62.6. The van der Waals surface area contributed by atoms with Crippen LogP contribution in [-0.4, -0.2) is 45.5 Å². The summed E-state index contributed by atoms with van der Waals surface area (Å²) in [6.07, 6.45) is -4.54. The fourth-order valence-corrected chi connectivity index (χ4v) is 2.95. The van der Waals surface area contributed by atoms with Gasteiger partial charge in [-0.25, -0.2) is 8.42 Å². The van der Waals surface area contributed by atoms with Gasteiger partial charge in [-0.1, -0.05) is 0 Å². The van der Waals surface area contributed by atoms with Crippen molar-refractivity contribution in [2.45, 2.75) is 31.0 Å². The van der Waals surface area contributed by atoms with Crippen molar-refractivity contribution in [3.05, 3.63) is 29.8 Å². The monoisotopic (exact) mass is 381 g/mol. The Balaban J connectivity index is 2.80. The van der Waals surface area contributed by atoms with Crippen LogP contribution in [0.25, 0.3) is 0 Å². The molecule has 0 spiro atoms. The summed E-state index contributed by atoms with van der Waals surface area (Å²) in [5.41, 5.74) is -0.125. The van der Waals surface area contributed by atoms with Crippen LogP contribution in [0.4, 0.5) is 13.2 Å². The molecule has 7 nitrogen and oxygen atoms in total. The van der Waals surface area contributed by atoms with E-state index in [-0.39, 0.29) is 10.5 Å². The predicted molar refractivity (Wildman–Crippen MR) is 83.3 cm³/mol. The van der Waals surface area contributed by atoms with Gasteiger partial charge in [0.25, 0.3) is 5.91 Å². The summed E-state index contributed by atoms with van der Waals surface area (Å²) in [6, 6.07) is 3.28. The molecule has 25 heavy (non-hydrogen) atoms. The first-order valence-corrected chi connectivity index (χ1v) is 8.69. The number of hydrogen-bond donors (Lipinski definition) is 3. The number of likely N-dealkylation sites (N-methyl/N-ethyl adjacent to an activating group) is 1. The molecule has 0 heterocycles. The molecule has 2 amide bonds. The van der Waals surface area contributed by atoms with E-state index in [1.54, 1.807) is 12.2 Å². The lowest BCUT2D eigenvalue weighted by atomic mass is 10.2. The summed E-state index contributed by atoms with van der Waals surface area (Å²) in [5, 5.41) is 4.14. The van der Waals surface area contributed by atoms with Gasteiger partial charge >= 0.3 is 6.18 Å². The second-order valence-corrected chi connectivity index (χ2v) is 6.77. The Labute approximate surface area is 143 Å². The van der Waals surface area contributed by atoms with E-state index < -0.39 is 40.6 Å². The quantitative estimate of drug-likeness (QED) is 0.649. The molecule has 0 aromatic heterocycles. The van der Waals surface area contributed by atoms with Crippen molar-refractivity contribution in [1.82, 2.24) is 15.4 Å². The van der Waals surface area contributed by atoms with Gasteiger partial charge in [-0.2, -0.15) is 17.9 Å². The lowest BCUT2D eigenvalue weighted by molar-refractivity contribution is -0.123. The largest absolute Gasteiger partial charge is 0.405 e. The van der Waals surface area contributed by atoms with E-state index in [1.807, 2.05) is 0 Å². The number of benzene rings is 1. The average molecular weight is 381 g/mol. The maximum absolute atomic E-state index is 12.1. The zero-order valence-electron chi connectivity index (χ0n) is 13.5. The van der Waals surface area contributed by atoms with Crippen LogP contribution in [0.5, 0.6) is 0 Å². The summed E-state index contributed by atoms with van der Waals surface area (Å²) in [4.78, 5) is 22.9. The average Bonchev–Trinajstić information content (AvgIpc) is 2.51. The molecule has 0 saturated heterocycles. The second-order valence-electron chi connectivity index (χ2n) is 5.06. The molecule has 140 valence electrons. The summed E-state index contributed by atoms with van der Waals surface area (Å²) in [6.45, 7) is 1.90. The van der Waals surface area contributed by atoms with Crippen LogP contribution >= 0.6 is 0 Å². The number of rotatable bonds is 7. The van der Waals surface area contributed by atoms with E-state index in [4.69, 9.17) is 0 Å². The molecule has 1 rings (SSSR count). The second kappa shape index (κ2) is 8.30. The first-order valence-electron chi connectivity index (χ1n) is 7.21. The molecule has 3 N–H and O–H groups in total. The molecule has 0 fully saturated rings. The van der Waals surface area contributed by atoms with E-state index in [0.717, 1.165) is 24.3 Å². The van der Waals surface area contributed by atoms with Gasteiger partial charge in [0.15, 0.2) is 0 Å². The smallest absolute Gasteiger partial charge is 0.355 e. The van der Waals surface area contributed by atoms with Gasteiger partial charge in [-0.15, -0.1) is 0 Å². The van der Waals surface area contributed by atoms with Crippen molar-refractivity contribution in [3.8, 4) is 0 Å². The van der Waals surface area contributed by atoms with Crippen molar-refractivity contribution < 1.29 is 31.2 Å². The van der Waals surface area contributed by atoms with E-state index >= 15 is 0 Å². The van der Waals surface area contributed by atoms with Crippen LogP contribution in [0.15, 0.2) is 29.2 Å². The van der Waals surface area contributed by atoms with Gasteiger partial charge in [0.2, 0.25) is 15.9 Å². The highest BCUT2D eigenvalue weighted by molar-refractivity contribution is 7.89. The molecule has 0 saturated carbocycles. The number of amides is 2. The van der Waals surface area contributed by atoms with Crippen molar-refractivity contribution in [3.63, 3.8) is 0 Å². The first-order chi connectivity index (χ1) is 11.5. The molecular weight excluding hydrogens is 363 g/mol. The van der Waals surface area contributed by atoms with Crippen LogP contribution in [0.3, 0.4) is 0 Å². The van der Waals surface area contributed by atoms with Crippen LogP contribution in [-0.2, 0) is 14.8 Å². The molecule has 0 bridgehead atoms. The van der Waals surface area contributed by atoms with Gasteiger partial charge in [0.05, 0.1) is 10.9 Å². The highest BCUT2D eigenvalue weighted by Crippen LogP contribution is 2.14. The normalized spacial score (nSPS) is 13.2. The van der Waals surface area contributed by atoms with Crippen LogP contribution in [0.2, 0.25) is 0 Å². The van der Waals surface area contributed by atoms with Crippen molar-refractivity contribution in [1.29, 1.82) is 0 Å². The van der Waals surface area contributed by atoms with Crippen LogP contribution in [0, 0.1) is 0 Å². The minimum absolute atomic E-state index is 0.125. The number of nitrogens with one attached hydrogen (secondary N) is 3. The number of carbonyl (C=O) groups is 2. The number of carbonyl (C=O) groups excluding carboxylic acids is 2. The molecule has 0 unspecified atom stereocenters. The van der Waals surface area contributed by atoms with Gasteiger partial charge in [-0.05, 0) is 38.1 Å². The predicted octanol–water partition coefficient (Wildman–Crippen LogP) is 0.782. The van der Waals surface area contributed by atoms with E-state index in [2.05, 4.69) is 10.0 Å². The minimum atomic E-state index is -4.54. The van der Waals surface area contributed by atoms with E-state index in [0.29, 0.717) is 6.54 Å². The maximum atomic E-state index is 12.1. The molecule has 1 atom stereocenters. The van der Waals surface area contributed by atoms with Crippen LogP contribution < -0.4 is 15.4 Å². The zero-order chi connectivity index (χ0) is 19.3. The Kier molecular flexibility index (Phi) is 6.94. The third-order valence-corrected chi connectivity index (χ3v) is 4.51. The van der Waals surface area contributed by atoms with Crippen molar-refractivity contribution in [2.75, 3.05) is 13.1 Å². The van der Waals surface area contributed by atoms with Gasteiger partial charge in [0, 0.05) is 12.1 Å². The van der Waals surface area contributed by atoms with E-state index in [1.165, 1.54) is 6.92 Å². The minimum Gasteiger partial charge on any atom is -0.355 e. The van der Waals surface area contributed by atoms with E-state index in [9.17, 15) is 31.2 Å². The lowest BCUT2D eigenvalue weighted by Gasteiger charge is -2.14. The Hall–Kier alpha value is -2.14. The SMILES string of the molecule is CCNC(=O)[C@H](C)NS(=O)(=O)c1ccc(C(=O)NCC(F)(F)F)cc1. The molecule has 0 aliphatic heterocycles. The highest BCUT2D eigenvalue weighted by Gasteiger charge is 2.28. The molecule has 11 heteroatoms. The van der Waals surface area contributed by atoms with Gasteiger partial charge in [0.1, 0.15) is 6.54 Å². The highest BCUT2D eigenvalue weighted by atomic mass is 32.2. The molecule has 0 radical (unpaired) electrons. The Morgan fingerprint density at radius 1 is 1.12 bits per heavy atom. The third-order valence-electron chi connectivity index (χ3n) is 2.95. The standard InChI is InChI=1S/C14H18F3N3O4S/c1-3-18-12(21)9(2)20-25(23,24)11-6-4-10(5-7-11)13(22)19-8-14(15,16)17/h4-7,9,20H,3,8H2,1-2H3,(H,18,21)(H,19,22)/t9-/m0/s1. The summed E-state index contributed by atoms with van der Waals surface area (Å²) >= 11 is 0. The fourth-order valence-electron chi connectivity index (χ4n) is 1.75. The number of halogens is 3. The maximum Gasteiger partial charge on any atom is 0.405 e. The summed E-state index contributed by atoms with van der Waals surface area (Å²) in [7, 11) is -4.02. The molecular formula is C14H18F3N3O4S. The van der Waals surface area contributed by atoms with Crippen molar-refractivity contribution in [2.24, 2.45) is 0 Å². The summed E-state index contributed by atoms with van der Waals surface area (Å²) in [5.74, 6) is -1.49. The number of hydrogen-bond acceptors (Lipinski definition) is 4. The Morgan fingerprint density at radius 2 is 1.68 bits per heavy atom. The number of alkyl halides is 3. The topological polar surface area (TPSA) is 104 Å². The Bertz CT molecular complexity index is 718. The lowest BCUT2D eigenvalue weighted by Crippen LogP contribution is -2.44. The molecule has 0 aliphatic rings. The molecule has 1 aromatic carbocycles. The number of sulfonamides is 1. The molecule has 0 aliphatic carbocycles. The third kappa shape index (κ3) is 6.70. The first kappa shape index (κ1) is 20.9. The van der Waals surface area contributed by atoms with Crippen molar-refractivity contribution >= 4 is 21.8 Å². The van der Waals surface area contributed by atoms with Crippen LogP contribution in [0.1, 0.15) is 24.2 Å². The van der Waals surface area contributed by atoms with Gasteiger partial charge < -0.3 is 10.6 Å². The molecule has 1 aromatic rings.